The van der Waals surface area contributed by atoms with Crippen molar-refractivity contribution in [2.45, 2.75) is 0 Å². The quantitative estimate of drug-likeness (QED) is 0.629. The molecule has 0 aliphatic carbocycles. The third-order valence-corrected chi connectivity index (χ3v) is 3.01. The standard InChI is InChI=1S/C15H8ClN3/c16-15-18-13-7-2-1-6-12(13)14(19-15)11-5-3-4-10(8-11)9-17/h1-8H. The molecule has 0 atom stereocenters. The van der Waals surface area contributed by atoms with Gasteiger partial charge in [0, 0.05) is 10.9 Å². The number of nitrogens with zero attached hydrogens (tertiary/aromatic N) is 3. The van der Waals surface area contributed by atoms with Crippen LogP contribution in [0.2, 0.25) is 5.28 Å². The molecule has 0 saturated heterocycles. The maximum Gasteiger partial charge on any atom is 0.223 e. The summed E-state index contributed by atoms with van der Waals surface area (Å²) in [6.45, 7) is 0. The molecule has 3 rings (SSSR count). The lowest BCUT2D eigenvalue weighted by molar-refractivity contribution is 1.22. The zero-order chi connectivity index (χ0) is 13.2. The Kier molecular flexibility index (Phi) is 2.86. The molecule has 3 aromatic rings. The number of halogens is 1. The van der Waals surface area contributed by atoms with E-state index in [4.69, 9.17) is 16.9 Å². The average molecular weight is 266 g/mol. The van der Waals surface area contributed by atoms with Gasteiger partial charge in [0.2, 0.25) is 5.28 Å². The van der Waals surface area contributed by atoms with E-state index in [0.29, 0.717) is 5.56 Å². The summed E-state index contributed by atoms with van der Waals surface area (Å²) in [6, 6.07) is 17.1. The van der Waals surface area contributed by atoms with Crippen LogP contribution in [0.4, 0.5) is 0 Å². The largest absolute Gasteiger partial charge is 0.223 e. The smallest absolute Gasteiger partial charge is 0.218 e. The van der Waals surface area contributed by atoms with E-state index >= 15 is 0 Å². The Hall–Kier alpha value is -2.44. The second-order valence-corrected chi connectivity index (χ2v) is 4.39. The molecule has 3 nitrogen and oxygen atoms in total. The molecule has 90 valence electrons. The second-order valence-electron chi connectivity index (χ2n) is 4.05. The fraction of sp³-hybridized carbons (Fsp3) is 0. The number of hydrogen-bond donors (Lipinski definition) is 0. The molecular formula is C15H8ClN3. The SMILES string of the molecule is N#Cc1cccc(-c2nc(Cl)nc3ccccc23)c1. The van der Waals surface area contributed by atoms with Crippen LogP contribution in [0.5, 0.6) is 0 Å². The fourth-order valence-corrected chi connectivity index (χ4v) is 2.18. The Labute approximate surface area is 115 Å². The van der Waals surface area contributed by atoms with Crippen molar-refractivity contribution >= 4 is 22.5 Å². The summed E-state index contributed by atoms with van der Waals surface area (Å²) in [5.41, 5.74) is 2.99. The highest BCUT2D eigenvalue weighted by atomic mass is 35.5. The fourth-order valence-electron chi connectivity index (χ4n) is 2.00. The summed E-state index contributed by atoms with van der Waals surface area (Å²) in [6.07, 6.45) is 0. The molecule has 0 bridgehead atoms. The minimum atomic E-state index is 0.205. The van der Waals surface area contributed by atoms with Crippen molar-refractivity contribution in [2.24, 2.45) is 0 Å². The predicted molar refractivity (Wildman–Crippen MR) is 74.7 cm³/mol. The Bertz CT molecular complexity index is 806. The van der Waals surface area contributed by atoms with Crippen molar-refractivity contribution in [3.8, 4) is 17.3 Å². The molecule has 4 heteroatoms. The average Bonchev–Trinajstić information content (AvgIpc) is 2.46. The van der Waals surface area contributed by atoms with Crippen molar-refractivity contribution in [2.75, 3.05) is 0 Å². The minimum absolute atomic E-state index is 0.205. The molecule has 0 unspecified atom stereocenters. The number of rotatable bonds is 1. The van der Waals surface area contributed by atoms with Crippen LogP contribution in [0.3, 0.4) is 0 Å². The molecular weight excluding hydrogens is 258 g/mol. The summed E-state index contributed by atoms with van der Waals surface area (Å²) >= 11 is 5.96. The van der Waals surface area contributed by atoms with Crippen LogP contribution >= 0.6 is 11.6 Å². The normalized spacial score (nSPS) is 10.3. The van der Waals surface area contributed by atoms with Crippen LogP contribution in [0.25, 0.3) is 22.2 Å². The molecule has 0 spiro atoms. The van der Waals surface area contributed by atoms with Gasteiger partial charge in [-0.05, 0) is 29.8 Å². The van der Waals surface area contributed by atoms with E-state index in [-0.39, 0.29) is 5.28 Å². The van der Waals surface area contributed by atoms with Gasteiger partial charge in [-0.3, -0.25) is 0 Å². The monoisotopic (exact) mass is 265 g/mol. The first-order valence-electron chi connectivity index (χ1n) is 5.71. The van der Waals surface area contributed by atoms with Gasteiger partial charge in [0.25, 0.3) is 0 Å². The van der Waals surface area contributed by atoms with Crippen LogP contribution in [-0.4, -0.2) is 9.97 Å². The van der Waals surface area contributed by atoms with E-state index in [1.165, 1.54) is 0 Å². The predicted octanol–water partition coefficient (Wildman–Crippen LogP) is 3.82. The Balaban J connectivity index is 2.32. The molecule has 0 aliphatic heterocycles. The summed E-state index contributed by atoms with van der Waals surface area (Å²) in [4.78, 5) is 8.49. The van der Waals surface area contributed by atoms with Crippen molar-refractivity contribution in [3.63, 3.8) is 0 Å². The molecule has 19 heavy (non-hydrogen) atoms. The first kappa shape index (κ1) is 11.6. The third-order valence-electron chi connectivity index (χ3n) is 2.84. The molecule has 0 radical (unpaired) electrons. The van der Waals surface area contributed by atoms with Crippen molar-refractivity contribution in [1.29, 1.82) is 5.26 Å². The molecule has 0 N–H and O–H groups in total. The number of fused-ring (bicyclic) bond motifs is 1. The summed E-state index contributed by atoms with van der Waals surface area (Å²) < 4.78 is 0. The lowest BCUT2D eigenvalue weighted by Crippen LogP contribution is -1.91. The molecule has 0 fully saturated rings. The second kappa shape index (κ2) is 4.68. The van der Waals surface area contributed by atoms with Crippen LogP contribution in [0.1, 0.15) is 5.56 Å². The van der Waals surface area contributed by atoms with E-state index in [1.807, 2.05) is 36.4 Å². The maximum absolute atomic E-state index is 8.97. The zero-order valence-electron chi connectivity index (χ0n) is 9.84. The molecule has 1 heterocycles. The van der Waals surface area contributed by atoms with Gasteiger partial charge in [-0.15, -0.1) is 0 Å². The lowest BCUT2D eigenvalue weighted by atomic mass is 10.0. The van der Waals surface area contributed by atoms with Crippen LogP contribution in [-0.2, 0) is 0 Å². The van der Waals surface area contributed by atoms with Gasteiger partial charge in [-0.25, -0.2) is 9.97 Å². The topological polar surface area (TPSA) is 49.6 Å². The summed E-state index contributed by atoms with van der Waals surface area (Å²) in [5.74, 6) is 0. The van der Waals surface area contributed by atoms with Crippen LogP contribution in [0.15, 0.2) is 48.5 Å². The van der Waals surface area contributed by atoms with Crippen LogP contribution in [0, 0.1) is 11.3 Å². The summed E-state index contributed by atoms with van der Waals surface area (Å²) in [7, 11) is 0. The highest BCUT2D eigenvalue weighted by Gasteiger charge is 2.08. The van der Waals surface area contributed by atoms with Gasteiger partial charge >= 0.3 is 0 Å². The number of nitriles is 1. The minimum Gasteiger partial charge on any atom is -0.218 e. The number of benzene rings is 2. The van der Waals surface area contributed by atoms with Gasteiger partial charge in [0.1, 0.15) is 0 Å². The first-order chi connectivity index (χ1) is 9.28. The molecule has 0 amide bonds. The molecule has 2 aromatic carbocycles. The van der Waals surface area contributed by atoms with Gasteiger partial charge in [0.15, 0.2) is 0 Å². The molecule has 0 saturated carbocycles. The molecule has 0 aliphatic rings. The highest BCUT2D eigenvalue weighted by molar-refractivity contribution is 6.28. The first-order valence-corrected chi connectivity index (χ1v) is 6.08. The van der Waals surface area contributed by atoms with E-state index in [2.05, 4.69) is 16.0 Å². The van der Waals surface area contributed by atoms with Gasteiger partial charge in [0.05, 0.1) is 22.8 Å². The van der Waals surface area contributed by atoms with E-state index < -0.39 is 0 Å². The number of hydrogen-bond acceptors (Lipinski definition) is 3. The van der Waals surface area contributed by atoms with Crippen molar-refractivity contribution in [3.05, 3.63) is 59.4 Å². The molecule has 1 aromatic heterocycles. The van der Waals surface area contributed by atoms with Gasteiger partial charge in [-0.2, -0.15) is 5.26 Å². The van der Waals surface area contributed by atoms with Gasteiger partial charge < -0.3 is 0 Å². The number of para-hydroxylation sites is 1. The maximum atomic E-state index is 8.97. The zero-order valence-corrected chi connectivity index (χ0v) is 10.6. The van der Waals surface area contributed by atoms with Crippen molar-refractivity contribution < 1.29 is 0 Å². The Morgan fingerprint density at radius 3 is 2.68 bits per heavy atom. The highest BCUT2D eigenvalue weighted by Crippen LogP contribution is 2.27. The van der Waals surface area contributed by atoms with Crippen molar-refractivity contribution in [1.82, 2.24) is 9.97 Å². The van der Waals surface area contributed by atoms with Gasteiger partial charge in [-0.1, -0.05) is 30.3 Å². The van der Waals surface area contributed by atoms with Crippen LogP contribution < -0.4 is 0 Å². The lowest BCUT2D eigenvalue weighted by Gasteiger charge is -2.06. The Morgan fingerprint density at radius 2 is 1.84 bits per heavy atom. The number of aromatic nitrogens is 2. The van der Waals surface area contributed by atoms with E-state index in [0.717, 1.165) is 22.2 Å². The Morgan fingerprint density at radius 1 is 1.00 bits per heavy atom. The summed E-state index contributed by atoms with van der Waals surface area (Å²) in [5, 5.41) is 10.1. The van der Waals surface area contributed by atoms with E-state index in [1.54, 1.807) is 12.1 Å². The third kappa shape index (κ3) is 2.14. The van der Waals surface area contributed by atoms with E-state index in [9.17, 15) is 0 Å².